The zero-order valence-electron chi connectivity index (χ0n) is 15.8. The molecule has 1 aliphatic rings. The van der Waals surface area contributed by atoms with Crippen molar-refractivity contribution < 1.29 is 19.1 Å². The molecule has 2 rings (SSSR count). The van der Waals surface area contributed by atoms with Crippen molar-refractivity contribution in [2.24, 2.45) is 0 Å². The number of amides is 1. The number of carbonyl (C=O) groups excluding carboxylic acids is 2. The van der Waals surface area contributed by atoms with Crippen LogP contribution in [-0.2, 0) is 14.3 Å². The Morgan fingerprint density at radius 2 is 2.00 bits per heavy atom. The van der Waals surface area contributed by atoms with Crippen LogP contribution >= 0.6 is 11.6 Å². The summed E-state index contributed by atoms with van der Waals surface area (Å²) in [7, 11) is 1.34. The Morgan fingerprint density at radius 1 is 1.31 bits per heavy atom. The van der Waals surface area contributed by atoms with Gasteiger partial charge < -0.3 is 14.8 Å². The van der Waals surface area contributed by atoms with Crippen LogP contribution in [0.15, 0.2) is 24.3 Å². The third-order valence-electron chi connectivity index (χ3n) is 4.40. The minimum Gasteiger partial charge on any atom is -0.467 e. The van der Waals surface area contributed by atoms with Crippen molar-refractivity contribution in [2.75, 3.05) is 25.5 Å². The summed E-state index contributed by atoms with van der Waals surface area (Å²) in [6.07, 6.45) is 1.19. The number of likely N-dealkylation sites (tertiary alicyclic amines) is 1. The molecule has 1 aromatic carbocycles. The number of hydrogen-bond donors (Lipinski definition) is 1. The molecule has 0 unspecified atom stereocenters. The van der Waals surface area contributed by atoms with E-state index in [-0.39, 0.29) is 0 Å². The van der Waals surface area contributed by atoms with Gasteiger partial charge in [0.25, 0.3) is 0 Å². The van der Waals surface area contributed by atoms with Crippen molar-refractivity contribution in [3.8, 4) is 0 Å². The number of anilines is 1. The summed E-state index contributed by atoms with van der Waals surface area (Å²) in [5.74, 6) is -0.415. The number of ether oxygens (including phenoxy) is 2. The minimum absolute atomic E-state index is 0.407. The largest absolute Gasteiger partial charge is 0.467 e. The number of halogens is 1. The Bertz CT molecular complexity index is 659. The topological polar surface area (TPSA) is 67.9 Å². The monoisotopic (exact) mass is 382 g/mol. The fraction of sp³-hybridized carbons (Fsp3) is 0.579. The first-order chi connectivity index (χ1) is 12.2. The van der Waals surface area contributed by atoms with Crippen LogP contribution < -0.4 is 5.32 Å². The number of hydrogen-bond acceptors (Lipinski definition) is 5. The number of esters is 1. The van der Waals surface area contributed by atoms with Crippen LogP contribution in [0.1, 0.15) is 40.0 Å². The highest BCUT2D eigenvalue weighted by Gasteiger charge is 2.51. The normalized spacial score (nSPS) is 20.0. The average molecular weight is 383 g/mol. The lowest BCUT2D eigenvalue weighted by molar-refractivity contribution is -0.153. The molecule has 6 nitrogen and oxygen atoms in total. The van der Waals surface area contributed by atoms with Crippen molar-refractivity contribution in [3.05, 3.63) is 29.3 Å². The fourth-order valence-corrected chi connectivity index (χ4v) is 3.44. The van der Waals surface area contributed by atoms with Gasteiger partial charge in [-0.15, -0.1) is 0 Å². The summed E-state index contributed by atoms with van der Waals surface area (Å²) in [5.41, 5.74) is -0.862. The van der Waals surface area contributed by atoms with E-state index in [4.69, 9.17) is 21.1 Å². The van der Waals surface area contributed by atoms with Gasteiger partial charge >= 0.3 is 12.1 Å². The van der Waals surface area contributed by atoms with Gasteiger partial charge in [0, 0.05) is 13.1 Å². The molecular formula is C19H27ClN2O4. The van der Waals surface area contributed by atoms with Crippen molar-refractivity contribution in [1.82, 2.24) is 4.90 Å². The van der Waals surface area contributed by atoms with Crippen LogP contribution in [0, 0.1) is 0 Å². The van der Waals surface area contributed by atoms with Crippen LogP contribution in [-0.4, -0.2) is 48.3 Å². The maximum absolute atomic E-state index is 12.6. The summed E-state index contributed by atoms with van der Waals surface area (Å²) >= 11 is 6.16. The molecule has 1 amide bonds. The van der Waals surface area contributed by atoms with E-state index >= 15 is 0 Å². The lowest BCUT2D eigenvalue weighted by atomic mass is 9.92. The number of nitrogens with one attached hydrogen (secondary N) is 1. The molecule has 1 saturated heterocycles. The van der Waals surface area contributed by atoms with Crippen LogP contribution in [0.3, 0.4) is 0 Å². The number of nitrogens with zero attached hydrogens (tertiary/aromatic N) is 1. The summed E-state index contributed by atoms with van der Waals surface area (Å²) in [6.45, 7) is 6.35. The van der Waals surface area contributed by atoms with E-state index in [1.807, 2.05) is 18.2 Å². The lowest BCUT2D eigenvalue weighted by Gasteiger charge is -2.37. The summed E-state index contributed by atoms with van der Waals surface area (Å²) in [5, 5.41) is 3.84. The zero-order chi connectivity index (χ0) is 19.4. The molecule has 0 aliphatic carbocycles. The van der Waals surface area contributed by atoms with Gasteiger partial charge in [0.05, 0.1) is 17.8 Å². The second kappa shape index (κ2) is 8.16. The third-order valence-corrected chi connectivity index (χ3v) is 4.73. The second-order valence-electron chi connectivity index (χ2n) is 7.42. The molecular weight excluding hydrogens is 356 g/mol. The predicted molar refractivity (Wildman–Crippen MR) is 101 cm³/mol. The van der Waals surface area contributed by atoms with Gasteiger partial charge in [-0.2, -0.15) is 0 Å². The number of para-hydroxylation sites is 1. The lowest BCUT2D eigenvalue weighted by Crippen LogP contribution is -2.55. The fourth-order valence-electron chi connectivity index (χ4n) is 3.23. The van der Waals surface area contributed by atoms with Crippen LogP contribution in [0.5, 0.6) is 0 Å². The van der Waals surface area contributed by atoms with E-state index in [0.717, 1.165) is 12.1 Å². The van der Waals surface area contributed by atoms with Gasteiger partial charge in [0.15, 0.2) is 0 Å². The van der Waals surface area contributed by atoms with E-state index in [9.17, 15) is 9.59 Å². The van der Waals surface area contributed by atoms with Gasteiger partial charge in [-0.25, -0.2) is 9.59 Å². The van der Waals surface area contributed by atoms with E-state index in [1.54, 1.807) is 26.8 Å². The zero-order valence-corrected chi connectivity index (χ0v) is 16.6. The van der Waals surface area contributed by atoms with Crippen LogP contribution in [0.4, 0.5) is 10.5 Å². The summed E-state index contributed by atoms with van der Waals surface area (Å²) < 4.78 is 10.5. The molecule has 1 atom stereocenters. The molecule has 0 saturated carbocycles. The van der Waals surface area contributed by atoms with Gasteiger partial charge in [-0.05, 0) is 52.2 Å². The highest BCUT2D eigenvalue weighted by atomic mass is 35.5. The Labute approximate surface area is 159 Å². The van der Waals surface area contributed by atoms with Crippen molar-refractivity contribution >= 4 is 29.4 Å². The van der Waals surface area contributed by atoms with Gasteiger partial charge in [0.2, 0.25) is 0 Å². The highest BCUT2D eigenvalue weighted by molar-refractivity contribution is 6.33. The van der Waals surface area contributed by atoms with Crippen LogP contribution in [0.2, 0.25) is 5.02 Å². The molecule has 0 bridgehead atoms. The highest BCUT2D eigenvalue weighted by Crippen LogP contribution is 2.35. The maximum Gasteiger partial charge on any atom is 0.411 e. The van der Waals surface area contributed by atoms with E-state index in [2.05, 4.69) is 5.32 Å². The smallest absolute Gasteiger partial charge is 0.411 e. The molecule has 144 valence electrons. The Balaban J connectivity index is 2.15. The van der Waals surface area contributed by atoms with Crippen molar-refractivity contribution in [1.29, 1.82) is 0 Å². The first kappa shape index (κ1) is 20.4. The molecule has 26 heavy (non-hydrogen) atoms. The van der Waals surface area contributed by atoms with E-state index in [1.165, 1.54) is 12.0 Å². The van der Waals surface area contributed by atoms with Crippen molar-refractivity contribution in [2.45, 2.75) is 51.2 Å². The molecule has 1 aromatic rings. The predicted octanol–water partition coefficient (Wildman–Crippen LogP) is 4.08. The molecule has 1 fully saturated rings. The number of carbonyl (C=O) groups is 2. The molecule has 0 aromatic heterocycles. The summed E-state index contributed by atoms with van der Waals surface area (Å²) in [6, 6.07) is 7.40. The third kappa shape index (κ3) is 4.61. The molecule has 1 N–H and O–H groups in total. The molecule has 0 radical (unpaired) electrons. The Morgan fingerprint density at radius 3 is 2.62 bits per heavy atom. The minimum atomic E-state index is -1.02. The van der Waals surface area contributed by atoms with E-state index in [0.29, 0.717) is 31.0 Å². The molecule has 0 spiro atoms. The molecule has 1 heterocycles. The molecule has 1 aliphatic heterocycles. The summed E-state index contributed by atoms with van der Waals surface area (Å²) in [4.78, 5) is 26.8. The van der Waals surface area contributed by atoms with Gasteiger partial charge in [0.1, 0.15) is 11.1 Å². The van der Waals surface area contributed by atoms with Gasteiger partial charge in [-0.3, -0.25) is 4.90 Å². The number of rotatable bonds is 5. The van der Waals surface area contributed by atoms with Crippen molar-refractivity contribution in [3.63, 3.8) is 0 Å². The molecule has 7 heteroatoms. The van der Waals surface area contributed by atoms with E-state index < -0.39 is 23.2 Å². The number of methoxy groups -OCH3 is 1. The van der Waals surface area contributed by atoms with Gasteiger partial charge in [-0.1, -0.05) is 23.7 Å². The first-order valence-electron chi connectivity index (χ1n) is 8.77. The Kier molecular flexibility index (Phi) is 6.39. The maximum atomic E-state index is 12.6. The standard InChI is InChI=1S/C19H27ClN2O4/c1-18(2,3)26-17(24)22-13-7-10-19(22,16(23)25-4)11-12-21-15-9-6-5-8-14(15)20/h5-6,8-9,21H,7,10-13H2,1-4H3/t19-/m0/s1. The SMILES string of the molecule is COC(=O)[C@@]1(CCNc2ccccc2Cl)CCCN1C(=O)OC(C)(C)C. The second-order valence-corrected chi connectivity index (χ2v) is 7.82. The Hall–Kier alpha value is -1.95. The van der Waals surface area contributed by atoms with Crippen LogP contribution in [0.25, 0.3) is 0 Å². The first-order valence-corrected chi connectivity index (χ1v) is 9.15. The average Bonchev–Trinajstić information content (AvgIpc) is 2.99. The quantitative estimate of drug-likeness (QED) is 0.777. The number of benzene rings is 1.